The third-order valence-electron chi connectivity index (χ3n) is 3.63. The second-order valence-corrected chi connectivity index (χ2v) is 4.82. The van der Waals surface area contributed by atoms with Gasteiger partial charge in [0, 0.05) is 18.1 Å². The Morgan fingerprint density at radius 3 is 2.76 bits per heavy atom. The highest BCUT2D eigenvalue weighted by atomic mass is 16.5. The molecule has 3 rings (SSSR count). The van der Waals surface area contributed by atoms with Crippen LogP contribution >= 0.6 is 0 Å². The van der Waals surface area contributed by atoms with Gasteiger partial charge in [-0.25, -0.2) is 4.79 Å². The number of hydrogen-bond donors (Lipinski definition) is 1. The van der Waals surface area contributed by atoms with Gasteiger partial charge in [0.25, 0.3) is 0 Å². The normalized spacial score (nSPS) is 22.7. The minimum absolute atomic E-state index is 0.129. The van der Waals surface area contributed by atoms with Crippen LogP contribution in [0, 0.1) is 0 Å². The first-order chi connectivity index (χ1) is 8.19. The smallest absolute Gasteiger partial charge is 0.328 e. The molecule has 0 atom stereocenters. The lowest BCUT2D eigenvalue weighted by Crippen LogP contribution is -2.45. The van der Waals surface area contributed by atoms with E-state index in [9.17, 15) is 4.79 Å². The molecule has 1 saturated carbocycles. The first kappa shape index (κ1) is 10.4. The Balaban J connectivity index is 2.06. The van der Waals surface area contributed by atoms with Gasteiger partial charge in [-0.05, 0) is 30.9 Å². The zero-order chi connectivity index (χ0) is 11.9. The van der Waals surface area contributed by atoms with Crippen LogP contribution in [0.2, 0.25) is 0 Å². The van der Waals surface area contributed by atoms with Gasteiger partial charge in [0.15, 0.2) is 0 Å². The summed E-state index contributed by atoms with van der Waals surface area (Å²) in [5.74, 6) is -0.0582. The van der Waals surface area contributed by atoms with E-state index in [1.165, 1.54) is 12.5 Å². The van der Waals surface area contributed by atoms with Gasteiger partial charge in [-0.2, -0.15) is 0 Å². The number of aliphatic carboxylic acids is 1. The van der Waals surface area contributed by atoms with Crippen LogP contribution in [-0.4, -0.2) is 16.7 Å². The Kier molecular flexibility index (Phi) is 2.21. The molecule has 1 aliphatic carbocycles. The highest BCUT2D eigenvalue weighted by Gasteiger charge is 2.43. The van der Waals surface area contributed by atoms with Gasteiger partial charge in [-0.3, -0.25) is 0 Å². The summed E-state index contributed by atoms with van der Waals surface area (Å²) in [6.45, 7) is 0. The maximum atomic E-state index is 10.9. The predicted molar refractivity (Wildman–Crippen MR) is 63.9 cm³/mol. The number of carboxylic acids is 1. The van der Waals surface area contributed by atoms with E-state index in [1.54, 1.807) is 0 Å². The van der Waals surface area contributed by atoms with Crippen LogP contribution in [0.5, 0.6) is 5.75 Å². The van der Waals surface area contributed by atoms with E-state index < -0.39 is 5.97 Å². The average Bonchev–Trinajstić information content (AvgIpc) is 2.26. The summed E-state index contributed by atoms with van der Waals surface area (Å²) < 4.78 is 6.03. The van der Waals surface area contributed by atoms with Crippen molar-refractivity contribution in [2.45, 2.75) is 31.3 Å². The number of benzene rings is 1. The molecule has 88 valence electrons. The van der Waals surface area contributed by atoms with Gasteiger partial charge in [0.2, 0.25) is 0 Å². The highest BCUT2D eigenvalue weighted by Crippen LogP contribution is 2.49. The van der Waals surface area contributed by atoms with E-state index in [0.29, 0.717) is 0 Å². The molecule has 1 fully saturated rings. The van der Waals surface area contributed by atoms with Gasteiger partial charge in [0.05, 0.1) is 0 Å². The van der Waals surface area contributed by atoms with Crippen molar-refractivity contribution >= 4 is 11.5 Å². The molecule has 3 nitrogen and oxygen atoms in total. The van der Waals surface area contributed by atoms with Crippen molar-refractivity contribution in [3.63, 3.8) is 0 Å². The lowest BCUT2D eigenvalue weighted by atomic mass is 9.73. The van der Waals surface area contributed by atoms with Crippen LogP contribution in [0.4, 0.5) is 0 Å². The molecule has 0 aromatic heterocycles. The van der Waals surface area contributed by atoms with E-state index in [-0.39, 0.29) is 5.60 Å². The Morgan fingerprint density at radius 2 is 2.12 bits per heavy atom. The molecule has 1 heterocycles. The number of carboxylic acid groups (broad SMARTS) is 1. The Labute approximate surface area is 99.7 Å². The predicted octanol–water partition coefficient (Wildman–Crippen LogP) is 2.86. The average molecular weight is 230 g/mol. The minimum Gasteiger partial charge on any atom is -0.486 e. The topological polar surface area (TPSA) is 46.5 Å². The molecule has 1 aromatic rings. The standard InChI is InChI=1S/C14H14O3/c15-13(16)8-10-9-14(6-3-7-14)17-12-5-2-1-4-11(10)12/h1-2,4-5,8H,3,6-7,9H2,(H,15,16)/b10-8+. The molecule has 1 N–H and O–H groups in total. The Bertz CT molecular complexity index is 498. The largest absolute Gasteiger partial charge is 0.486 e. The summed E-state index contributed by atoms with van der Waals surface area (Å²) in [5, 5.41) is 8.94. The Hall–Kier alpha value is -1.77. The van der Waals surface area contributed by atoms with Gasteiger partial charge in [0.1, 0.15) is 11.4 Å². The van der Waals surface area contributed by atoms with Crippen molar-refractivity contribution in [3.8, 4) is 5.75 Å². The number of ether oxygens (including phenoxy) is 1. The van der Waals surface area contributed by atoms with Crippen molar-refractivity contribution in [2.75, 3.05) is 0 Å². The number of hydrogen-bond acceptors (Lipinski definition) is 2. The quantitative estimate of drug-likeness (QED) is 0.754. The fraction of sp³-hybridized carbons (Fsp3) is 0.357. The maximum Gasteiger partial charge on any atom is 0.328 e. The van der Waals surface area contributed by atoms with Crippen molar-refractivity contribution in [2.24, 2.45) is 0 Å². The van der Waals surface area contributed by atoms with Gasteiger partial charge < -0.3 is 9.84 Å². The van der Waals surface area contributed by atoms with Crippen molar-refractivity contribution < 1.29 is 14.6 Å². The van der Waals surface area contributed by atoms with E-state index in [0.717, 1.165) is 36.1 Å². The Morgan fingerprint density at radius 1 is 1.35 bits per heavy atom. The molecule has 1 aliphatic heterocycles. The first-order valence-electron chi connectivity index (χ1n) is 5.90. The number of fused-ring (bicyclic) bond motifs is 1. The van der Waals surface area contributed by atoms with Gasteiger partial charge in [-0.15, -0.1) is 0 Å². The number of carbonyl (C=O) groups is 1. The second kappa shape index (κ2) is 3.62. The minimum atomic E-state index is -0.883. The van der Waals surface area contributed by atoms with Crippen LogP contribution in [0.15, 0.2) is 30.3 Å². The van der Waals surface area contributed by atoms with Crippen LogP contribution in [-0.2, 0) is 4.79 Å². The molecule has 1 aromatic carbocycles. The fourth-order valence-electron chi connectivity index (χ4n) is 2.66. The highest BCUT2D eigenvalue weighted by molar-refractivity contribution is 5.91. The third kappa shape index (κ3) is 1.71. The van der Waals surface area contributed by atoms with Crippen LogP contribution < -0.4 is 4.74 Å². The van der Waals surface area contributed by atoms with E-state index in [1.807, 2.05) is 24.3 Å². The summed E-state index contributed by atoms with van der Waals surface area (Å²) in [6, 6.07) is 7.69. The SMILES string of the molecule is O=C(O)/C=C1\CC2(CCC2)Oc2ccccc21. The fourth-order valence-corrected chi connectivity index (χ4v) is 2.66. The number of rotatable bonds is 1. The molecule has 3 heteroatoms. The first-order valence-corrected chi connectivity index (χ1v) is 5.90. The zero-order valence-corrected chi connectivity index (χ0v) is 9.48. The van der Waals surface area contributed by atoms with Crippen LogP contribution in [0.25, 0.3) is 5.57 Å². The summed E-state index contributed by atoms with van der Waals surface area (Å²) in [6.07, 6.45) is 5.26. The molecular weight excluding hydrogens is 216 g/mol. The van der Waals surface area contributed by atoms with Crippen molar-refractivity contribution in [1.29, 1.82) is 0 Å². The van der Waals surface area contributed by atoms with E-state index >= 15 is 0 Å². The molecule has 17 heavy (non-hydrogen) atoms. The van der Waals surface area contributed by atoms with E-state index in [4.69, 9.17) is 9.84 Å². The molecule has 2 aliphatic rings. The molecule has 0 bridgehead atoms. The summed E-state index contributed by atoms with van der Waals surface area (Å²) in [4.78, 5) is 10.9. The molecular formula is C14H14O3. The van der Waals surface area contributed by atoms with Crippen molar-refractivity contribution in [1.82, 2.24) is 0 Å². The summed E-state index contributed by atoms with van der Waals surface area (Å²) in [5.41, 5.74) is 1.68. The third-order valence-corrected chi connectivity index (χ3v) is 3.63. The summed E-state index contributed by atoms with van der Waals surface area (Å²) >= 11 is 0. The summed E-state index contributed by atoms with van der Waals surface area (Å²) in [7, 11) is 0. The second-order valence-electron chi connectivity index (χ2n) is 4.82. The van der Waals surface area contributed by atoms with Crippen molar-refractivity contribution in [3.05, 3.63) is 35.9 Å². The van der Waals surface area contributed by atoms with Gasteiger partial charge >= 0.3 is 5.97 Å². The van der Waals surface area contributed by atoms with Gasteiger partial charge in [-0.1, -0.05) is 18.2 Å². The van der Waals surface area contributed by atoms with Crippen LogP contribution in [0.1, 0.15) is 31.2 Å². The lowest BCUT2D eigenvalue weighted by Gasteiger charge is -2.46. The lowest BCUT2D eigenvalue weighted by molar-refractivity contribution is -0.131. The maximum absolute atomic E-state index is 10.9. The van der Waals surface area contributed by atoms with Crippen LogP contribution in [0.3, 0.4) is 0 Å². The van der Waals surface area contributed by atoms with E-state index in [2.05, 4.69) is 0 Å². The molecule has 0 saturated heterocycles. The molecule has 1 spiro atoms. The monoisotopic (exact) mass is 230 g/mol. The number of para-hydroxylation sites is 1. The zero-order valence-electron chi connectivity index (χ0n) is 9.48. The molecule has 0 radical (unpaired) electrons. The molecule has 0 unspecified atom stereocenters. The molecule has 0 amide bonds.